The van der Waals surface area contributed by atoms with Gasteiger partial charge in [0.15, 0.2) is 0 Å². The molecule has 4 nitrogen and oxygen atoms in total. The van der Waals surface area contributed by atoms with Crippen LogP contribution in [0.15, 0.2) is 24.3 Å². The zero-order chi connectivity index (χ0) is 15.4. The van der Waals surface area contributed by atoms with Gasteiger partial charge in [0, 0.05) is 26.1 Å². The molecule has 1 aliphatic carbocycles. The van der Waals surface area contributed by atoms with Gasteiger partial charge in [0.2, 0.25) is 5.91 Å². The topological polar surface area (TPSA) is 41.6 Å². The molecule has 120 valence electrons. The van der Waals surface area contributed by atoms with Crippen molar-refractivity contribution in [2.45, 2.75) is 45.2 Å². The van der Waals surface area contributed by atoms with E-state index in [9.17, 15) is 4.79 Å². The number of likely N-dealkylation sites (tertiary alicyclic amines) is 1. The van der Waals surface area contributed by atoms with Crippen LogP contribution in [0.2, 0.25) is 0 Å². The van der Waals surface area contributed by atoms with Crippen molar-refractivity contribution in [3.63, 3.8) is 0 Å². The number of nitrogens with zero attached hydrogens (tertiary/aromatic N) is 1. The number of nitrogens with one attached hydrogen (secondary N) is 1. The molecule has 0 radical (unpaired) electrons. The minimum absolute atomic E-state index is 0.0732. The third-order valence-electron chi connectivity index (χ3n) is 4.43. The normalized spacial score (nSPS) is 22.3. The summed E-state index contributed by atoms with van der Waals surface area (Å²) in [7, 11) is 0. The fraction of sp³-hybridized carbons (Fsp3) is 0.611. The molecule has 1 heterocycles. The van der Waals surface area contributed by atoms with Gasteiger partial charge in [0.05, 0.1) is 6.61 Å². The average molecular weight is 302 g/mol. The van der Waals surface area contributed by atoms with E-state index in [2.05, 4.69) is 34.5 Å². The van der Waals surface area contributed by atoms with Gasteiger partial charge in [-0.15, -0.1) is 0 Å². The SMILES string of the molecule is CC(=O)NC1CCCN(Cc2ccc(OCC3CC3)cc2)C1. The first-order chi connectivity index (χ1) is 10.7. The number of ether oxygens (including phenoxy) is 1. The average Bonchev–Trinajstić information content (AvgIpc) is 3.30. The van der Waals surface area contributed by atoms with Gasteiger partial charge in [0.1, 0.15) is 5.75 Å². The summed E-state index contributed by atoms with van der Waals surface area (Å²) in [6, 6.07) is 8.77. The van der Waals surface area contributed by atoms with E-state index >= 15 is 0 Å². The highest BCUT2D eigenvalue weighted by Gasteiger charge is 2.22. The molecule has 1 N–H and O–H groups in total. The van der Waals surface area contributed by atoms with Crippen molar-refractivity contribution in [1.29, 1.82) is 0 Å². The number of piperidine rings is 1. The van der Waals surface area contributed by atoms with Crippen LogP contribution in [0, 0.1) is 5.92 Å². The Morgan fingerprint density at radius 1 is 1.27 bits per heavy atom. The number of hydrogen-bond donors (Lipinski definition) is 1. The second-order valence-electron chi connectivity index (χ2n) is 6.67. The van der Waals surface area contributed by atoms with Gasteiger partial charge >= 0.3 is 0 Å². The van der Waals surface area contributed by atoms with Crippen LogP contribution < -0.4 is 10.1 Å². The molecule has 1 aliphatic heterocycles. The first-order valence-electron chi connectivity index (χ1n) is 8.40. The van der Waals surface area contributed by atoms with Gasteiger partial charge in [-0.1, -0.05) is 12.1 Å². The molecular formula is C18H26N2O2. The summed E-state index contributed by atoms with van der Waals surface area (Å²) in [6.45, 7) is 5.46. The molecule has 2 aliphatic rings. The molecule has 1 saturated heterocycles. The minimum Gasteiger partial charge on any atom is -0.493 e. The van der Waals surface area contributed by atoms with Crippen LogP contribution in [-0.2, 0) is 11.3 Å². The third-order valence-corrected chi connectivity index (χ3v) is 4.43. The van der Waals surface area contributed by atoms with Crippen molar-refractivity contribution in [3.05, 3.63) is 29.8 Å². The van der Waals surface area contributed by atoms with Gasteiger partial charge in [-0.2, -0.15) is 0 Å². The van der Waals surface area contributed by atoms with E-state index in [1.807, 2.05) is 0 Å². The van der Waals surface area contributed by atoms with Gasteiger partial charge in [0.25, 0.3) is 0 Å². The Kier molecular flexibility index (Phi) is 4.98. The summed E-state index contributed by atoms with van der Waals surface area (Å²) in [4.78, 5) is 13.6. The van der Waals surface area contributed by atoms with E-state index in [-0.39, 0.29) is 5.91 Å². The minimum atomic E-state index is 0.0732. The monoisotopic (exact) mass is 302 g/mol. The number of hydrogen-bond acceptors (Lipinski definition) is 3. The molecule has 1 aromatic carbocycles. The fourth-order valence-electron chi connectivity index (χ4n) is 3.05. The summed E-state index contributed by atoms with van der Waals surface area (Å²) < 4.78 is 5.77. The molecule has 1 amide bonds. The van der Waals surface area contributed by atoms with Gasteiger partial charge in [-0.25, -0.2) is 0 Å². The molecule has 3 rings (SSSR count). The van der Waals surface area contributed by atoms with Crippen LogP contribution in [0.4, 0.5) is 0 Å². The predicted molar refractivity (Wildman–Crippen MR) is 86.8 cm³/mol. The van der Waals surface area contributed by atoms with Crippen molar-refractivity contribution >= 4 is 5.91 Å². The highest BCUT2D eigenvalue weighted by Crippen LogP contribution is 2.29. The Bertz CT molecular complexity index is 496. The quantitative estimate of drug-likeness (QED) is 0.878. The molecule has 1 saturated carbocycles. The van der Waals surface area contributed by atoms with Gasteiger partial charge in [-0.05, 0) is 55.8 Å². The number of carbonyl (C=O) groups excluding carboxylic acids is 1. The number of benzene rings is 1. The molecule has 4 heteroatoms. The second-order valence-corrected chi connectivity index (χ2v) is 6.67. The maximum Gasteiger partial charge on any atom is 0.217 e. The third kappa shape index (κ3) is 4.73. The summed E-state index contributed by atoms with van der Waals surface area (Å²) in [5.41, 5.74) is 1.31. The summed E-state index contributed by atoms with van der Waals surface area (Å²) in [5.74, 6) is 1.84. The van der Waals surface area contributed by atoms with E-state index in [0.717, 1.165) is 50.8 Å². The lowest BCUT2D eigenvalue weighted by Gasteiger charge is -2.33. The van der Waals surface area contributed by atoms with Crippen molar-refractivity contribution in [1.82, 2.24) is 10.2 Å². The highest BCUT2D eigenvalue weighted by molar-refractivity contribution is 5.73. The number of rotatable bonds is 6. The Morgan fingerprint density at radius 2 is 2.05 bits per heavy atom. The largest absolute Gasteiger partial charge is 0.493 e. The van der Waals surface area contributed by atoms with E-state index in [1.54, 1.807) is 6.92 Å². The van der Waals surface area contributed by atoms with Crippen LogP contribution in [0.1, 0.15) is 38.2 Å². The number of carbonyl (C=O) groups is 1. The fourth-order valence-corrected chi connectivity index (χ4v) is 3.05. The van der Waals surface area contributed by atoms with Crippen molar-refractivity contribution in [2.75, 3.05) is 19.7 Å². The van der Waals surface area contributed by atoms with E-state index in [4.69, 9.17) is 4.74 Å². The van der Waals surface area contributed by atoms with Crippen LogP contribution in [0.25, 0.3) is 0 Å². The summed E-state index contributed by atoms with van der Waals surface area (Å²) >= 11 is 0. The van der Waals surface area contributed by atoms with Crippen LogP contribution in [0.3, 0.4) is 0 Å². The van der Waals surface area contributed by atoms with Crippen LogP contribution >= 0.6 is 0 Å². The lowest BCUT2D eigenvalue weighted by Crippen LogP contribution is -2.46. The van der Waals surface area contributed by atoms with Crippen molar-refractivity contribution in [3.8, 4) is 5.75 Å². The van der Waals surface area contributed by atoms with Crippen molar-refractivity contribution < 1.29 is 9.53 Å². The molecule has 1 atom stereocenters. The van der Waals surface area contributed by atoms with Crippen LogP contribution in [0.5, 0.6) is 5.75 Å². The smallest absolute Gasteiger partial charge is 0.217 e. The van der Waals surface area contributed by atoms with E-state index < -0.39 is 0 Å². The lowest BCUT2D eigenvalue weighted by molar-refractivity contribution is -0.120. The molecule has 0 spiro atoms. The lowest BCUT2D eigenvalue weighted by atomic mass is 10.0. The maximum absolute atomic E-state index is 11.2. The molecule has 1 aromatic rings. The van der Waals surface area contributed by atoms with Crippen LogP contribution in [-0.4, -0.2) is 36.5 Å². The predicted octanol–water partition coefficient (Wildman–Crippen LogP) is 2.58. The van der Waals surface area contributed by atoms with E-state index in [1.165, 1.54) is 18.4 Å². The molecular weight excluding hydrogens is 276 g/mol. The van der Waals surface area contributed by atoms with Crippen molar-refractivity contribution in [2.24, 2.45) is 5.92 Å². The Labute approximate surface area is 132 Å². The Balaban J connectivity index is 1.47. The molecule has 2 fully saturated rings. The molecule has 0 bridgehead atoms. The zero-order valence-corrected chi connectivity index (χ0v) is 13.4. The van der Waals surface area contributed by atoms with E-state index in [0.29, 0.717) is 6.04 Å². The van der Waals surface area contributed by atoms with Gasteiger partial charge < -0.3 is 10.1 Å². The molecule has 0 aromatic heterocycles. The molecule has 22 heavy (non-hydrogen) atoms. The second kappa shape index (κ2) is 7.14. The highest BCUT2D eigenvalue weighted by atomic mass is 16.5. The number of amides is 1. The first-order valence-corrected chi connectivity index (χ1v) is 8.40. The first kappa shape index (κ1) is 15.3. The summed E-state index contributed by atoms with van der Waals surface area (Å²) in [5, 5.41) is 3.04. The summed E-state index contributed by atoms with van der Waals surface area (Å²) in [6.07, 6.45) is 4.88. The zero-order valence-electron chi connectivity index (χ0n) is 13.4. The molecule has 1 unspecified atom stereocenters. The van der Waals surface area contributed by atoms with Gasteiger partial charge in [-0.3, -0.25) is 9.69 Å². The Morgan fingerprint density at radius 3 is 2.73 bits per heavy atom. The standard InChI is InChI=1S/C18H26N2O2/c1-14(21)19-17-3-2-10-20(12-17)11-15-6-8-18(9-7-15)22-13-16-4-5-16/h6-9,16-17H,2-5,10-13H2,1H3,(H,19,21). The Hall–Kier alpha value is -1.55. The maximum atomic E-state index is 11.2.